The molecule has 3 aliphatic rings. The lowest BCUT2D eigenvalue weighted by Gasteiger charge is -2.33. The first kappa shape index (κ1) is 25.2. The van der Waals surface area contributed by atoms with E-state index in [0.717, 1.165) is 60.4 Å². The minimum Gasteiger partial charge on any atom is -0.381 e. The molecule has 0 N–H and O–H groups in total. The first-order chi connectivity index (χ1) is 18.4. The Morgan fingerprint density at radius 1 is 1.13 bits per heavy atom. The van der Waals surface area contributed by atoms with Gasteiger partial charge in [0, 0.05) is 80.1 Å². The number of pyridine rings is 1. The topological polar surface area (TPSA) is 63.5 Å². The zero-order valence-electron chi connectivity index (χ0n) is 21.3. The number of alkyl halides is 2. The summed E-state index contributed by atoms with van der Waals surface area (Å²) in [7, 11) is 0. The quantitative estimate of drug-likeness (QED) is 0.413. The van der Waals surface area contributed by atoms with Crippen molar-refractivity contribution in [2.75, 3.05) is 31.2 Å². The molecule has 0 aliphatic carbocycles. The molecule has 1 fully saturated rings. The van der Waals surface area contributed by atoms with Gasteiger partial charge in [-0.1, -0.05) is 11.6 Å². The Bertz CT molecular complexity index is 1370. The van der Waals surface area contributed by atoms with E-state index < -0.39 is 6.43 Å². The third-order valence-electron chi connectivity index (χ3n) is 7.92. The Hall–Kier alpha value is -3.04. The molecule has 38 heavy (non-hydrogen) atoms. The molecule has 0 atom stereocenters. The van der Waals surface area contributed by atoms with Gasteiger partial charge in [0.05, 0.1) is 17.6 Å². The van der Waals surface area contributed by atoms with Gasteiger partial charge in [-0.25, -0.2) is 8.78 Å². The summed E-state index contributed by atoms with van der Waals surface area (Å²) in [6, 6.07) is 5.38. The Labute approximate surface area is 225 Å². The van der Waals surface area contributed by atoms with Gasteiger partial charge in [0.15, 0.2) is 5.82 Å². The minimum atomic E-state index is -2.67. The van der Waals surface area contributed by atoms with E-state index in [9.17, 15) is 13.6 Å². The summed E-state index contributed by atoms with van der Waals surface area (Å²) < 4.78 is 36.6. The van der Waals surface area contributed by atoms with Gasteiger partial charge in [0.25, 0.3) is 6.43 Å². The molecule has 0 spiro atoms. The molecule has 2 aromatic heterocycles. The Balaban J connectivity index is 1.47. The third-order valence-corrected chi connectivity index (χ3v) is 8.13. The molecule has 3 aromatic rings. The number of benzene rings is 1. The second-order valence-corrected chi connectivity index (χ2v) is 10.7. The number of anilines is 2. The lowest BCUT2D eigenvalue weighted by Crippen LogP contribution is -2.36. The molecule has 1 saturated heterocycles. The number of nitrogens with zero attached hydrogens (tertiary/aromatic N) is 5. The van der Waals surface area contributed by atoms with Gasteiger partial charge in [-0.2, -0.15) is 5.10 Å². The van der Waals surface area contributed by atoms with E-state index in [-0.39, 0.29) is 17.5 Å². The maximum Gasteiger partial charge on any atom is 0.264 e. The van der Waals surface area contributed by atoms with Gasteiger partial charge in [-0.15, -0.1) is 0 Å². The van der Waals surface area contributed by atoms with Crippen molar-refractivity contribution in [1.82, 2.24) is 19.7 Å². The normalized spacial score (nSPS) is 18.0. The largest absolute Gasteiger partial charge is 0.381 e. The van der Waals surface area contributed by atoms with Gasteiger partial charge < -0.3 is 14.5 Å². The molecule has 7 nitrogen and oxygen atoms in total. The number of aryl methyl sites for hydroxylation is 1. The van der Waals surface area contributed by atoms with Gasteiger partial charge >= 0.3 is 0 Å². The van der Waals surface area contributed by atoms with Crippen LogP contribution >= 0.6 is 11.6 Å². The van der Waals surface area contributed by atoms with E-state index in [4.69, 9.17) is 21.4 Å². The monoisotopic (exact) mass is 541 g/mol. The number of hydrogen-bond donors (Lipinski definition) is 0. The number of amides is 1. The zero-order chi connectivity index (χ0) is 26.4. The molecular weight excluding hydrogens is 512 g/mol. The smallest absolute Gasteiger partial charge is 0.264 e. The van der Waals surface area contributed by atoms with Crippen LogP contribution in [0, 0.1) is 0 Å². The highest BCUT2D eigenvalue weighted by Gasteiger charge is 2.34. The molecule has 1 aromatic carbocycles. The number of rotatable bonds is 4. The van der Waals surface area contributed by atoms with Gasteiger partial charge in [-0.3, -0.25) is 14.5 Å². The van der Waals surface area contributed by atoms with E-state index >= 15 is 0 Å². The van der Waals surface area contributed by atoms with Crippen LogP contribution in [-0.4, -0.2) is 51.9 Å². The first-order valence-corrected chi connectivity index (χ1v) is 13.6. The summed E-state index contributed by atoms with van der Waals surface area (Å²) in [6.45, 7) is 4.78. The van der Waals surface area contributed by atoms with Gasteiger partial charge in [0.2, 0.25) is 5.91 Å². The van der Waals surface area contributed by atoms with Crippen LogP contribution < -0.4 is 4.90 Å². The van der Waals surface area contributed by atoms with Crippen LogP contribution in [0.4, 0.5) is 20.3 Å². The fraction of sp³-hybridized carbons (Fsp3) is 0.464. The molecule has 10 heteroatoms. The maximum absolute atomic E-state index is 14.4. The van der Waals surface area contributed by atoms with Crippen molar-refractivity contribution in [2.45, 2.75) is 58.0 Å². The number of ether oxygens (including phenoxy) is 1. The lowest BCUT2D eigenvalue weighted by atomic mass is 9.92. The van der Waals surface area contributed by atoms with E-state index in [1.54, 1.807) is 25.3 Å². The average molecular weight is 542 g/mol. The highest BCUT2D eigenvalue weighted by Crippen LogP contribution is 2.43. The average Bonchev–Trinajstić information content (AvgIpc) is 3.31. The van der Waals surface area contributed by atoms with Crippen LogP contribution in [0.15, 0.2) is 30.6 Å². The molecule has 6 rings (SSSR count). The van der Waals surface area contributed by atoms with Crippen LogP contribution in [0.3, 0.4) is 0 Å². The summed E-state index contributed by atoms with van der Waals surface area (Å²) >= 11 is 6.14. The summed E-state index contributed by atoms with van der Waals surface area (Å²) in [5.74, 6) is 0.801. The summed E-state index contributed by atoms with van der Waals surface area (Å²) in [5.41, 5.74) is 4.88. The number of carbonyl (C=O) groups is 1. The SMILES string of the molecule is CC(=O)N1CCc2c(c(N3CCCc4cc(-c5cncc(Cl)c5)c(C(F)F)cc43)nn2C2CCOCC2)C1. The molecular formula is C28H30ClF2N5O2. The van der Waals surface area contributed by atoms with Crippen molar-refractivity contribution in [1.29, 1.82) is 0 Å². The van der Waals surface area contributed by atoms with E-state index in [1.807, 2.05) is 11.0 Å². The first-order valence-electron chi connectivity index (χ1n) is 13.2. The van der Waals surface area contributed by atoms with Crippen molar-refractivity contribution < 1.29 is 18.3 Å². The second-order valence-electron chi connectivity index (χ2n) is 10.2. The maximum atomic E-state index is 14.4. The number of hydrogen-bond acceptors (Lipinski definition) is 5. The van der Waals surface area contributed by atoms with Crippen LogP contribution in [0.5, 0.6) is 0 Å². The molecule has 3 aliphatic heterocycles. The van der Waals surface area contributed by atoms with Crippen LogP contribution in [0.25, 0.3) is 11.1 Å². The Morgan fingerprint density at radius 2 is 1.95 bits per heavy atom. The predicted octanol–water partition coefficient (Wildman–Crippen LogP) is 5.88. The third kappa shape index (κ3) is 4.56. The number of carbonyl (C=O) groups excluding carboxylic acids is 1. The predicted molar refractivity (Wildman–Crippen MR) is 141 cm³/mol. The van der Waals surface area contributed by atoms with Crippen LogP contribution in [-0.2, 0) is 28.9 Å². The van der Waals surface area contributed by atoms with Crippen molar-refractivity contribution in [3.05, 3.63) is 58.0 Å². The molecule has 1 amide bonds. The number of halogens is 3. The van der Waals surface area contributed by atoms with Gasteiger partial charge in [0.1, 0.15) is 0 Å². The van der Waals surface area contributed by atoms with Crippen LogP contribution in [0.2, 0.25) is 5.02 Å². The molecule has 5 heterocycles. The number of fused-ring (bicyclic) bond motifs is 2. The fourth-order valence-electron chi connectivity index (χ4n) is 6.00. The molecule has 200 valence electrons. The summed E-state index contributed by atoms with van der Waals surface area (Å²) in [6.07, 6.45) is 4.53. The minimum absolute atomic E-state index is 0.0271. The molecule has 0 bridgehead atoms. The molecule has 0 radical (unpaired) electrons. The van der Waals surface area contributed by atoms with E-state index in [2.05, 4.69) is 14.6 Å². The number of aromatic nitrogens is 3. The highest BCUT2D eigenvalue weighted by atomic mass is 35.5. The van der Waals surface area contributed by atoms with Gasteiger partial charge in [-0.05, 0) is 55.0 Å². The Morgan fingerprint density at radius 3 is 2.68 bits per heavy atom. The summed E-state index contributed by atoms with van der Waals surface area (Å²) in [4.78, 5) is 20.3. The fourth-order valence-corrected chi connectivity index (χ4v) is 6.18. The lowest BCUT2D eigenvalue weighted by molar-refractivity contribution is -0.129. The summed E-state index contributed by atoms with van der Waals surface area (Å²) in [5, 5.41) is 5.54. The second kappa shape index (κ2) is 10.3. The van der Waals surface area contributed by atoms with E-state index in [0.29, 0.717) is 49.0 Å². The van der Waals surface area contributed by atoms with Crippen molar-refractivity contribution >= 4 is 29.0 Å². The Kier molecular flexibility index (Phi) is 6.82. The standard InChI is InChI=1S/C28H30ClF2N5O2/c1-17(37)34-8-4-25-24(16-34)28(33-36(25)21-5-9-38-10-6-21)35-7-2-3-18-12-22(19-11-20(29)15-32-14-19)23(27(30)31)13-26(18)35/h11-15,21,27H,2-10,16H2,1H3. The van der Waals surface area contributed by atoms with Crippen molar-refractivity contribution in [3.63, 3.8) is 0 Å². The van der Waals surface area contributed by atoms with Crippen LogP contribution in [0.1, 0.15) is 61.0 Å². The molecule has 0 saturated carbocycles. The van der Waals surface area contributed by atoms with Crippen molar-refractivity contribution in [2.24, 2.45) is 0 Å². The molecule has 0 unspecified atom stereocenters. The van der Waals surface area contributed by atoms with Crippen molar-refractivity contribution in [3.8, 4) is 11.1 Å². The highest BCUT2D eigenvalue weighted by molar-refractivity contribution is 6.30. The zero-order valence-corrected chi connectivity index (χ0v) is 22.1. The van der Waals surface area contributed by atoms with E-state index in [1.165, 1.54) is 6.20 Å².